The molecule has 1 aliphatic carbocycles. The molecule has 1 aliphatic rings. The van der Waals surface area contributed by atoms with E-state index in [-0.39, 0.29) is 0 Å². The molecule has 4 heteroatoms. The van der Waals surface area contributed by atoms with Gasteiger partial charge in [0, 0.05) is 17.4 Å². The highest BCUT2D eigenvalue weighted by Crippen LogP contribution is 2.58. The summed E-state index contributed by atoms with van der Waals surface area (Å²) in [5.41, 5.74) is 2.33. The van der Waals surface area contributed by atoms with Crippen LogP contribution in [0.3, 0.4) is 0 Å². The minimum absolute atomic E-state index is 0.386. The monoisotopic (exact) mass is 396 g/mol. The van der Waals surface area contributed by atoms with Gasteiger partial charge in [-0.25, -0.2) is 0 Å². The Labute approximate surface area is 175 Å². The molecule has 1 saturated carbocycles. The van der Waals surface area contributed by atoms with Gasteiger partial charge in [0.2, 0.25) is 0 Å². The average molecular weight is 396 g/mol. The first-order chi connectivity index (χ1) is 14.6. The molecule has 1 fully saturated rings. The maximum Gasteiger partial charge on any atom is 0.315 e. The second-order valence-electron chi connectivity index (χ2n) is 7.35. The predicted octanol–water partition coefficient (Wildman–Crippen LogP) is 4.47. The summed E-state index contributed by atoms with van der Waals surface area (Å²) in [7, 11) is 0. The molecule has 1 N–H and O–H groups in total. The first-order valence-electron chi connectivity index (χ1n) is 9.71. The molecule has 2 atom stereocenters. The minimum Gasteiger partial charge on any atom is -0.481 e. The molecule has 148 valence electrons. The largest absolute Gasteiger partial charge is 0.481 e. The van der Waals surface area contributed by atoms with Crippen LogP contribution in [0.2, 0.25) is 0 Å². The van der Waals surface area contributed by atoms with Crippen molar-refractivity contribution in [3.63, 3.8) is 0 Å². The van der Waals surface area contributed by atoms with Crippen molar-refractivity contribution in [3.05, 3.63) is 102 Å². The molecule has 0 radical (unpaired) electrons. The van der Waals surface area contributed by atoms with Gasteiger partial charge >= 0.3 is 11.9 Å². The van der Waals surface area contributed by atoms with E-state index in [0.29, 0.717) is 11.3 Å². The van der Waals surface area contributed by atoms with Crippen LogP contribution in [0.25, 0.3) is 0 Å². The molecule has 4 nitrogen and oxygen atoms in total. The van der Waals surface area contributed by atoms with Crippen LogP contribution in [0.4, 0.5) is 0 Å². The molecule has 0 spiro atoms. The number of rotatable bonds is 5. The summed E-state index contributed by atoms with van der Waals surface area (Å²) >= 11 is 0. The van der Waals surface area contributed by atoms with Crippen LogP contribution in [0.5, 0.6) is 5.75 Å². The van der Waals surface area contributed by atoms with E-state index in [1.165, 1.54) is 0 Å². The zero-order chi connectivity index (χ0) is 21.1. The van der Waals surface area contributed by atoms with Gasteiger partial charge in [-0.3, -0.25) is 9.59 Å². The van der Waals surface area contributed by atoms with Gasteiger partial charge in [-0.1, -0.05) is 66.6 Å². The third kappa shape index (κ3) is 3.58. The van der Waals surface area contributed by atoms with Gasteiger partial charge < -0.3 is 9.84 Å². The van der Waals surface area contributed by atoms with Crippen LogP contribution in [0.1, 0.15) is 28.5 Å². The summed E-state index contributed by atoms with van der Waals surface area (Å²) in [6.45, 7) is 0. The first kappa shape index (κ1) is 19.5. The number of benzene rings is 3. The van der Waals surface area contributed by atoms with Gasteiger partial charge in [0.15, 0.2) is 0 Å². The highest BCUT2D eigenvalue weighted by molar-refractivity contribution is 5.85. The van der Waals surface area contributed by atoms with Gasteiger partial charge in [0.1, 0.15) is 5.75 Å². The quantitative estimate of drug-likeness (QED) is 0.393. The van der Waals surface area contributed by atoms with Crippen molar-refractivity contribution in [2.24, 2.45) is 11.8 Å². The Hall–Kier alpha value is -3.84. The fourth-order valence-electron chi connectivity index (χ4n) is 4.33. The summed E-state index contributed by atoms with van der Waals surface area (Å²) in [4.78, 5) is 25.4. The first-order valence-corrected chi connectivity index (χ1v) is 9.71. The Balaban J connectivity index is 1.70. The highest BCUT2D eigenvalue weighted by atomic mass is 16.5. The van der Waals surface area contributed by atoms with E-state index in [1.807, 2.05) is 60.7 Å². The van der Waals surface area contributed by atoms with E-state index >= 15 is 0 Å². The van der Waals surface area contributed by atoms with Gasteiger partial charge in [0.25, 0.3) is 0 Å². The lowest BCUT2D eigenvalue weighted by Gasteiger charge is -2.48. The lowest BCUT2D eigenvalue weighted by molar-refractivity contribution is -0.158. The zero-order valence-corrected chi connectivity index (χ0v) is 16.1. The van der Waals surface area contributed by atoms with Crippen molar-refractivity contribution in [2.75, 3.05) is 0 Å². The number of ether oxygens (including phenoxy) is 1. The lowest BCUT2D eigenvalue weighted by Crippen LogP contribution is -2.52. The molecule has 0 aliphatic heterocycles. The number of carbonyl (C=O) groups excluding carboxylic acids is 1. The fourth-order valence-corrected chi connectivity index (χ4v) is 4.33. The van der Waals surface area contributed by atoms with Crippen molar-refractivity contribution < 1.29 is 19.4 Å². The maximum absolute atomic E-state index is 13.2. The molecule has 3 aromatic carbocycles. The smallest absolute Gasteiger partial charge is 0.315 e. The SMILES string of the molecule is C#Cc1ccc(OC(=O)C2[C@@H](c3ccccc3)C(C(=O)O)[C@@H]2c2ccccc2)cc1. The molecular weight excluding hydrogens is 376 g/mol. The molecule has 30 heavy (non-hydrogen) atoms. The van der Waals surface area contributed by atoms with Crippen molar-refractivity contribution in [1.29, 1.82) is 0 Å². The summed E-state index contributed by atoms with van der Waals surface area (Å²) in [5, 5.41) is 9.97. The Bertz CT molecular complexity index is 1030. The number of hydrogen-bond donors (Lipinski definition) is 1. The molecule has 4 rings (SSSR count). The number of esters is 1. The van der Waals surface area contributed by atoms with Crippen LogP contribution in [0, 0.1) is 24.2 Å². The van der Waals surface area contributed by atoms with E-state index in [1.54, 1.807) is 24.3 Å². The highest BCUT2D eigenvalue weighted by Gasteiger charge is 2.59. The molecule has 0 amide bonds. The Kier molecular flexibility index (Phi) is 5.36. The number of carboxylic acid groups (broad SMARTS) is 1. The third-order valence-corrected chi connectivity index (χ3v) is 5.71. The molecule has 0 aromatic heterocycles. The number of hydrogen-bond acceptors (Lipinski definition) is 3. The molecule has 0 unspecified atom stereocenters. The minimum atomic E-state index is -0.917. The summed E-state index contributed by atoms with van der Waals surface area (Å²) in [6.07, 6.45) is 5.38. The van der Waals surface area contributed by atoms with Gasteiger partial charge in [-0.2, -0.15) is 0 Å². The van der Waals surface area contributed by atoms with E-state index in [0.717, 1.165) is 11.1 Å². The van der Waals surface area contributed by atoms with Crippen molar-refractivity contribution in [3.8, 4) is 18.1 Å². The van der Waals surface area contributed by atoms with Crippen LogP contribution in [0.15, 0.2) is 84.9 Å². The lowest BCUT2D eigenvalue weighted by atomic mass is 9.52. The van der Waals surface area contributed by atoms with E-state index in [2.05, 4.69) is 5.92 Å². The van der Waals surface area contributed by atoms with Crippen molar-refractivity contribution >= 4 is 11.9 Å². The second-order valence-corrected chi connectivity index (χ2v) is 7.35. The average Bonchev–Trinajstić information content (AvgIpc) is 2.75. The Morgan fingerprint density at radius 1 is 0.767 bits per heavy atom. The Morgan fingerprint density at radius 3 is 1.70 bits per heavy atom. The van der Waals surface area contributed by atoms with Crippen LogP contribution in [-0.4, -0.2) is 17.0 Å². The number of carbonyl (C=O) groups is 2. The van der Waals surface area contributed by atoms with Crippen LogP contribution >= 0.6 is 0 Å². The Morgan fingerprint density at radius 2 is 1.27 bits per heavy atom. The number of aliphatic carboxylic acids is 1. The topological polar surface area (TPSA) is 63.6 Å². The van der Waals surface area contributed by atoms with Crippen molar-refractivity contribution in [2.45, 2.75) is 11.8 Å². The van der Waals surface area contributed by atoms with E-state index < -0.39 is 35.6 Å². The third-order valence-electron chi connectivity index (χ3n) is 5.71. The molecule has 3 aromatic rings. The van der Waals surface area contributed by atoms with Crippen LogP contribution < -0.4 is 4.74 Å². The summed E-state index contributed by atoms with van der Waals surface area (Å²) in [6, 6.07) is 25.3. The van der Waals surface area contributed by atoms with E-state index in [4.69, 9.17) is 11.2 Å². The molecule has 0 heterocycles. The normalized spacial score (nSPS) is 22.4. The molecule has 0 saturated heterocycles. The van der Waals surface area contributed by atoms with Gasteiger partial charge in [-0.05, 0) is 35.4 Å². The zero-order valence-electron chi connectivity index (χ0n) is 16.1. The van der Waals surface area contributed by atoms with Crippen molar-refractivity contribution in [1.82, 2.24) is 0 Å². The van der Waals surface area contributed by atoms with Gasteiger partial charge in [0.05, 0.1) is 11.8 Å². The molecule has 0 bridgehead atoms. The second kappa shape index (κ2) is 8.26. The summed E-state index contributed by atoms with van der Waals surface area (Å²) < 4.78 is 5.65. The molecular formula is C26H20O4. The fraction of sp³-hybridized carbons (Fsp3) is 0.154. The van der Waals surface area contributed by atoms with Crippen LogP contribution in [-0.2, 0) is 9.59 Å². The van der Waals surface area contributed by atoms with E-state index in [9.17, 15) is 14.7 Å². The predicted molar refractivity (Wildman–Crippen MR) is 113 cm³/mol. The number of terminal acetylenes is 1. The summed E-state index contributed by atoms with van der Waals surface area (Å²) in [5.74, 6) is -0.702. The standard InChI is InChI=1S/C26H20O4/c1-2-17-13-15-20(16-14-17)30-26(29)24-21(18-9-5-3-6-10-18)23(25(27)28)22(24)19-11-7-4-8-12-19/h1,3-16,21-24H,(H,27,28)/t21-,22-,23?,24?/m0/s1. The number of carboxylic acids is 1. The maximum atomic E-state index is 13.2. The van der Waals surface area contributed by atoms with Gasteiger partial charge in [-0.15, -0.1) is 6.42 Å².